The van der Waals surface area contributed by atoms with E-state index in [1.807, 2.05) is 13.8 Å². The molecule has 1 saturated heterocycles. The van der Waals surface area contributed by atoms with E-state index in [9.17, 15) is 9.90 Å². The lowest BCUT2D eigenvalue weighted by atomic mass is 10.00. The molecular formula is C11H21NO4. The van der Waals surface area contributed by atoms with Crippen LogP contribution in [0, 0.1) is 5.92 Å². The van der Waals surface area contributed by atoms with Crippen LogP contribution in [0.1, 0.15) is 13.8 Å². The zero-order valence-electron chi connectivity index (χ0n) is 10.2. The van der Waals surface area contributed by atoms with Gasteiger partial charge in [-0.05, 0) is 6.92 Å². The molecule has 0 saturated carbocycles. The average molecular weight is 231 g/mol. The third-order valence-electron chi connectivity index (χ3n) is 3.30. The van der Waals surface area contributed by atoms with Crippen LogP contribution in [0.4, 0.5) is 0 Å². The van der Waals surface area contributed by atoms with Crippen LogP contribution in [0.3, 0.4) is 0 Å². The summed E-state index contributed by atoms with van der Waals surface area (Å²) in [5.41, 5.74) is 0. The van der Waals surface area contributed by atoms with Crippen molar-refractivity contribution in [3.8, 4) is 0 Å². The summed E-state index contributed by atoms with van der Waals surface area (Å²) in [5, 5.41) is 9.25. The molecule has 3 unspecified atom stereocenters. The second-order valence-corrected chi connectivity index (χ2v) is 4.20. The summed E-state index contributed by atoms with van der Waals surface area (Å²) in [6, 6.07) is 0.0318. The molecule has 0 radical (unpaired) electrons. The number of ether oxygens (including phenoxy) is 2. The Morgan fingerprint density at radius 1 is 1.62 bits per heavy atom. The first-order valence-corrected chi connectivity index (χ1v) is 5.64. The van der Waals surface area contributed by atoms with Crippen LogP contribution in [0.2, 0.25) is 0 Å². The van der Waals surface area contributed by atoms with E-state index in [0.29, 0.717) is 13.2 Å². The highest BCUT2D eigenvalue weighted by molar-refractivity contribution is 5.72. The minimum absolute atomic E-state index is 0.0177. The van der Waals surface area contributed by atoms with Gasteiger partial charge in [-0.25, -0.2) is 0 Å². The summed E-state index contributed by atoms with van der Waals surface area (Å²) in [6.07, 6.45) is 0. The van der Waals surface area contributed by atoms with Crippen molar-refractivity contribution in [2.45, 2.75) is 25.9 Å². The van der Waals surface area contributed by atoms with Gasteiger partial charge in [0.1, 0.15) is 0 Å². The van der Waals surface area contributed by atoms with E-state index in [0.717, 1.165) is 6.54 Å². The molecule has 0 spiro atoms. The fraction of sp³-hybridized carbons (Fsp3) is 0.909. The monoisotopic (exact) mass is 231 g/mol. The molecule has 1 fully saturated rings. The van der Waals surface area contributed by atoms with Crippen LogP contribution in [-0.2, 0) is 14.3 Å². The summed E-state index contributed by atoms with van der Waals surface area (Å²) in [7, 11) is 1.40. The molecule has 1 aliphatic heterocycles. The maximum Gasteiger partial charge on any atom is 0.309 e. The Balaban J connectivity index is 2.62. The van der Waals surface area contributed by atoms with Crippen LogP contribution >= 0.6 is 0 Å². The van der Waals surface area contributed by atoms with E-state index in [1.54, 1.807) is 0 Å². The Bertz CT molecular complexity index is 234. The third-order valence-corrected chi connectivity index (χ3v) is 3.30. The number of esters is 1. The van der Waals surface area contributed by atoms with E-state index in [-0.39, 0.29) is 30.6 Å². The molecule has 3 atom stereocenters. The number of nitrogens with zero attached hydrogens (tertiary/aromatic N) is 1. The van der Waals surface area contributed by atoms with Gasteiger partial charge < -0.3 is 14.6 Å². The van der Waals surface area contributed by atoms with Crippen molar-refractivity contribution < 1.29 is 19.4 Å². The third kappa shape index (κ3) is 2.93. The lowest BCUT2D eigenvalue weighted by molar-refractivity contribution is -0.149. The van der Waals surface area contributed by atoms with Crippen LogP contribution in [0.15, 0.2) is 0 Å². The predicted molar refractivity (Wildman–Crippen MR) is 59.0 cm³/mol. The van der Waals surface area contributed by atoms with E-state index in [4.69, 9.17) is 9.47 Å². The number of morpholine rings is 1. The molecule has 5 nitrogen and oxygen atoms in total. The lowest BCUT2D eigenvalue weighted by Crippen LogP contribution is -2.54. The zero-order chi connectivity index (χ0) is 12.1. The van der Waals surface area contributed by atoms with Gasteiger partial charge in [-0.15, -0.1) is 0 Å². The van der Waals surface area contributed by atoms with Crippen molar-refractivity contribution in [3.63, 3.8) is 0 Å². The van der Waals surface area contributed by atoms with Gasteiger partial charge in [0.2, 0.25) is 0 Å². The first-order chi connectivity index (χ1) is 7.61. The van der Waals surface area contributed by atoms with Crippen molar-refractivity contribution in [1.29, 1.82) is 0 Å². The number of rotatable bonds is 4. The first kappa shape index (κ1) is 13.4. The summed E-state index contributed by atoms with van der Waals surface area (Å²) in [6.45, 7) is 5.80. The SMILES string of the molecule is COC(=O)C(C)C(C)N1CCOCC1CO. The Morgan fingerprint density at radius 3 is 2.88 bits per heavy atom. The summed E-state index contributed by atoms with van der Waals surface area (Å²) in [4.78, 5) is 13.6. The summed E-state index contributed by atoms with van der Waals surface area (Å²) < 4.78 is 10.0. The van der Waals surface area contributed by atoms with Crippen molar-refractivity contribution in [2.24, 2.45) is 5.92 Å². The molecule has 0 bridgehead atoms. The summed E-state index contributed by atoms with van der Waals surface area (Å²) >= 11 is 0. The van der Waals surface area contributed by atoms with Crippen LogP contribution < -0.4 is 0 Å². The van der Waals surface area contributed by atoms with Gasteiger partial charge >= 0.3 is 5.97 Å². The topological polar surface area (TPSA) is 59.0 Å². The number of aliphatic hydroxyl groups excluding tert-OH is 1. The minimum atomic E-state index is -0.212. The molecule has 16 heavy (non-hydrogen) atoms. The molecule has 0 aromatic rings. The van der Waals surface area contributed by atoms with Crippen LogP contribution in [-0.4, -0.2) is 61.5 Å². The Hall–Kier alpha value is -0.650. The van der Waals surface area contributed by atoms with Gasteiger partial charge in [0.15, 0.2) is 0 Å². The molecule has 1 heterocycles. The normalized spacial score (nSPS) is 26.1. The van der Waals surface area contributed by atoms with Gasteiger partial charge in [0, 0.05) is 12.6 Å². The van der Waals surface area contributed by atoms with Crippen molar-refractivity contribution in [3.05, 3.63) is 0 Å². The Labute approximate surface area is 96.3 Å². The standard InChI is InChI=1S/C11H21NO4/c1-8(11(14)15-3)9(2)12-4-5-16-7-10(12)6-13/h8-10,13H,4-7H2,1-3H3. The van der Waals surface area contributed by atoms with E-state index in [1.165, 1.54) is 7.11 Å². The lowest BCUT2D eigenvalue weighted by Gasteiger charge is -2.40. The number of aliphatic hydroxyl groups is 1. The smallest absolute Gasteiger partial charge is 0.309 e. The van der Waals surface area contributed by atoms with Crippen LogP contribution in [0.5, 0.6) is 0 Å². The molecule has 1 rings (SSSR count). The number of hydrogen-bond donors (Lipinski definition) is 1. The number of carbonyl (C=O) groups excluding carboxylic acids is 1. The maximum atomic E-state index is 11.4. The quantitative estimate of drug-likeness (QED) is 0.683. The minimum Gasteiger partial charge on any atom is -0.469 e. The number of hydrogen-bond acceptors (Lipinski definition) is 5. The molecule has 0 aliphatic carbocycles. The molecule has 94 valence electrons. The highest BCUT2D eigenvalue weighted by Gasteiger charge is 2.32. The maximum absolute atomic E-state index is 11.4. The van der Waals surface area contributed by atoms with E-state index in [2.05, 4.69) is 4.90 Å². The number of methoxy groups -OCH3 is 1. The van der Waals surface area contributed by atoms with Gasteiger partial charge in [-0.2, -0.15) is 0 Å². The molecule has 5 heteroatoms. The highest BCUT2D eigenvalue weighted by Crippen LogP contribution is 2.18. The van der Waals surface area contributed by atoms with Crippen molar-refractivity contribution in [2.75, 3.05) is 33.5 Å². The molecule has 0 amide bonds. The fourth-order valence-corrected chi connectivity index (χ4v) is 2.03. The Kier molecular flexibility index (Phi) is 5.18. The average Bonchev–Trinajstić information content (AvgIpc) is 2.35. The largest absolute Gasteiger partial charge is 0.469 e. The first-order valence-electron chi connectivity index (χ1n) is 5.64. The van der Waals surface area contributed by atoms with Gasteiger partial charge in [0.25, 0.3) is 0 Å². The van der Waals surface area contributed by atoms with E-state index < -0.39 is 0 Å². The van der Waals surface area contributed by atoms with Gasteiger partial charge in [0.05, 0.1) is 38.9 Å². The predicted octanol–water partition coefficient (Wildman–Crippen LogP) is -0.123. The molecule has 0 aromatic heterocycles. The van der Waals surface area contributed by atoms with Crippen molar-refractivity contribution >= 4 is 5.97 Å². The Morgan fingerprint density at radius 2 is 2.31 bits per heavy atom. The number of carbonyl (C=O) groups is 1. The van der Waals surface area contributed by atoms with Gasteiger partial charge in [-0.1, -0.05) is 6.92 Å². The highest BCUT2D eigenvalue weighted by atomic mass is 16.5. The van der Waals surface area contributed by atoms with Crippen LogP contribution in [0.25, 0.3) is 0 Å². The second kappa shape index (κ2) is 6.18. The van der Waals surface area contributed by atoms with E-state index >= 15 is 0 Å². The second-order valence-electron chi connectivity index (χ2n) is 4.20. The molecular weight excluding hydrogens is 210 g/mol. The van der Waals surface area contributed by atoms with Crippen molar-refractivity contribution in [1.82, 2.24) is 4.90 Å². The molecule has 1 N–H and O–H groups in total. The zero-order valence-corrected chi connectivity index (χ0v) is 10.2. The molecule has 0 aromatic carbocycles. The molecule has 1 aliphatic rings. The van der Waals surface area contributed by atoms with Gasteiger partial charge in [-0.3, -0.25) is 9.69 Å². The fourth-order valence-electron chi connectivity index (χ4n) is 2.03. The summed E-state index contributed by atoms with van der Waals surface area (Å²) in [5.74, 6) is -0.409.